The SMILES string of the molecule is CN(C)C(=O)c1ccc(NCC2(CN)CCCC2)nn1. The van der Waals surface area contributed by atoms with Crippen LogP contribution in [0.3, 0.4) is 0 Å². The molecule has 110 valence electrons. The van der Waals surface area contributed by atoms with Gasteiger partial charge in [-0.2, -0.15) is 0 Å². The second-order valence-electron chi connectivity index (χ2n) is 5.77. The summed E-state index contributed by atoms with van der Waals surface area (Å²) >= 11 is 0. The molecule has 1 fully saturated rings. The van der Waals surface area contributed by atoms with Gasteiger partial charge in [-0.25, -0.2) is 0 Å². The van der Waals surface area contributed by atoms with E-state index in [1.807, 2.05) is 0 Å². The molecule has 6 nitrogen and oxygen atoms in total. The summed E-state index contributed by atoms with van der Waals surface area (Å²) < 4.78 is 0. The van der Waals surface area contributed by atoms with Crippen LogP contribution in [0, 0.1) is 5.41 Å². The molecule has 1 amide bonds. The summed E-state index contributed by atoms with van der Waals surface area (Å²) in [6, 6.07) is 3.49. The highest BCUT2D eigenvalue weighted by atomic mass is 16.2. The summed E-state index contributed by atoms with van der Waals surface area (Å²) in [6.45, 7) is 1.52. The molecule has 0 atom stereocenters. The van der Waals surface area contributed by atoms with E-state index in [4.69, 9.17) is 5.73 Å². The second-order valence-corrected chi connectivity index (χ2v) is 5.77. The van der Waals surface area contributed by atoms with E-state index >= 15 is 0 Å². The van der Waals surface area contributed by atoms with Crippen LogP contribution in [0.4, 0.5) is 5.82 Å². The summed E-state index contributed by atoms with van der Waals surface area (Å²) in [5.74, 6) is 0.554. The number of nitrogens with two attached hydrogens (primary N) is 1. The first kappa shape index (κ1) is 14.7. The fraction of sp³-hybridized carbons (Fsp3) is 0.643. The van der Waals surface area contributed by atoms with E-state index in [1.165, 1.54) is 30.6 Å². The first-order valence-electron chi connectivity index (χ1n) is 7.06. The van der Waals surface area contributed by atoms with Crippen molar-refractivity contribution in [3.8, 4) is 0 Å². The molecular formula is C14H23N5O. The number of nitrogens with zero attached hydrogens (tertiary/aromatic N) is 3. The van der Waals surface area contributed by atoms with E-state index in [1.54, 1.807) is 26.2 Å². The number of rotatable bonds is 5. The Morgan fingerprint density at radius 1 is 1.35 bits per heavy atom. The van der Waals surface area contributed by atoms with Gasteiger partial charge in [-0.05, 0) is 36.9 Å². The summed E-state index contributed by atoms with van der Waals surface area (Å²) in [5.41, 5.74) is 6.45. The third kappa shape index (κ3) is 3.25. The molecule has 1 aliphatic rings. The van der Waals surface area contributed by atoms with Crippen molar-refractivity contribution < 1.29 is 4.79 Å². The molecule has 0 aliphatic heterocycles. The molecular weight excluding hydrogens is 254 g/mol. The van der Waals surface area contributed by atoms with Crippen molar-refractivity contribution in [2.24, 2.45) is 11.1 Å². The number of amides is 1. The predicted octanol–water partition coefficient (Wildman–Crippen LogP) is 1.11. The monoisotopic (exact) mass is 277 g/mol. The maximum atomic E-state index is 11.7. The molecule has 0 radical (unpaired) electrons. The molecule has 1 heterocycles. The van der Waals surface area contributed by atoms with Gasteiger partial charge in [0.15, 0.2) is 5.69 Å². The summed E-state index contributed by atoms with van der Waals surface area (Å²) in [7, 11) is 3.39. The summed E-state index contributed by atoms with van der Waals surface area (Å²) in [4.78, 5) is 13.2. The summed E-state index contributed by atoms with van der Waals surface area (Å²) in [5, 5.41) is 11.3. The van der Waals surface area contributed by atoms with Crippen molar-refractivity contribution in [3.05, 3.63) is 17.8 Å². The van der Waals surface area contributed by atoms with E-state index < -0.39 is 0 Å². The normalized spacial score (nSPS) is 16.9. The Kier molecular flexibility index (Phi) is 4.54. The standard InChI is InChI=1S/C14H23N5O/c1-19(2)13(20)11-5-6-12(18-17-11)16-10-14(9-15)7-3-4-8-14/h5-6H,3-4,7-10,15H2,1-2H3,(H,16,18). The lowest BCUT2D eigenvalue weighted by molar-refractivity contribution is 0.0821. The number of aromatic nitrogens is 2. The van der Waals surface area contributed by atoms with Crippen molar-refractivity contribution in [2.75, 3.05) is 32.5 Å². The maximum absolute atomic E-state index is 11.7. The van der Waals surface area contributed by atoms with Crippen LogP contribution in [0.1, 0.15) is 36.2 Å². The van der Waals surface area contributed by atoms with Crippen molar-refractivity contribution in [3.63, 3.8) is 0 Å². The quantitative estimate of drug-likeness (QED) is 0.842. The van der Waals surface area contributed by atoms with E-state index in [9.17, 15) is 4.79 Å². The van der Waals surface area contributed by atoms with Gasteiger partial charge in [0.05, 0.1) is 0 Å². The molecule has 1 aromatic heterocycles. The molecule has 0 aromatic carbocycles. The number of carbonyl (C=O) groups is 1. The number of anilines is 1. The first-order chi connectivity index (χ1) is 9.56. The average molecular weight is 277 g/mol. The van der Waals surface area contributed by atoms with Crippen molar-refractivity contribution in [1.82, 2.24) is 15.1 Å². The van der Waals surface area contributed by atoms with Crippen LogP contribution in [-0.2, 0) is 0 Å². The topological polar surface area (TPSA) is 84.1 Å². The van der Waals surface area contributed by atoms with Crippen LogP contribution in [-0.4, -0.2) is 48.2 Å². The van der Waals surface area contributed by atoms with Crippen molar-refractivity contribution in [1.29, 1.82) is 0 Å². The Balaban J connectivity index is 1.95. The molecule has 1 aliphatic carbocycles. The lowest BCUT2D eigenvalue weighted by Crippen LogP contribution is -2.34. The molecule has 0 spiro atoms. The lowest BCUT2D eigenvalue weighted by Gasteiger charge is -2.27. The van der Waals surface area contributed by atoms with Crippen LogP contribution in [0.2, 0.25) is 0 Å². The number of hydrogen-bond acceptors (Lipinski definition) is 5. The van der Waals surface area contributed by atoms with Gasteiger partial charge in [0.25, 0.3) is 5.91 Å². The van der Waals surface area contributed by atoms with Crippen LogP contribution in [0.5, 0.6) is 0 Å². The first-order valence-corrected chi connectivity index (χ1v) is 7.06. The van der Waals surface area contributed by atoms with Crippen LogP contribution in [0.25, 0.3) is 0 Å². The van der Waals surface area contributed by atoms with Gasteiger partial charge < -0.3 is 16.0 Å². The molecule has 3 N–H and O–H groups in total. The smallest absolute Gasteiger partial charge is 0.273 e. The van der Waals surface area contributed by atoms with Gasteiger partial charge in [-0.1, -0.05) is 12.8 Å². The molecule has 20 heavy (non-hydrogen) atoms. The average Bonchev–Trinajstić information content (AvgIpc) is 2.94. The van der Waals surface area contributed by atoms with Crippen LogP contribution < -0.4 is 11.1 Å². The molecule has 0 saturated heterocycles. The molecule has 1 aromatic rings. The maximum Gasteiger partial charge on any atom is 0.273 e. The number of carbonyl (C=O) groups excluding carboxylic acids is 1. The highest BCUT2D eigenvalue weighted by molar-refractivity contribution is 5.91. The molecule has 6 heteroatoms. The Morgan fingerprint density at radius 2 is 2.05 bits per heavy atom. The number of nitrogens with one attached hydrogen (secondary N) is 1. The highest BCUT2D eigenvalue weighted by Gasteiger charge is 2.32. The molecule has 0 unspecified atom stereocenters. The third-order valence-corrected chi connectivity index (χ3v) is 4.03. The second kappa shape index (κ2) is 6.17. The Labute approximate surface area is 119 Å². The fourth-order valence-corrected chi connectivity index (χ4v) is 2.63. The molecule has 2 rings (SSSR count). The Morgan fingerprint density at radius 3 is 2.55 bits per heavy atom. The van der Waals surface area contributed by atoms with Crippen LogP contribution >= 0.6 is 0 Å². The van der Waals surface area contributed by atoms with Crippen molar-refractivity contribution in [2.45, 2.75) is 25.7 Å². The number of hydrogen-bond donors (Lipinski definition) is 2. The van der Waals surface area contributed by atoms with E-state index in [0.29, 0.717) is 18.1 Å². The van der Waals surface area contributed by atoms with Gasteiger partial charge in [0.1, 0.15) is 5.82 Å². The lowest BCUT2D eigenvalue weighted by atomic mass is 9.86. The zero-order valence-electron chi connectivity index (χ0n) is 12.2. The summed E-state index contributed by atoms with van der Waals surface area (Å²) in [6.07, 6.45) is 4.84. The Hall–Kier alpha value is -1.69. The van der Waals surface area contributed by atoms with Gasteiger partial charge in [0, 0.05) is 20.6 Å². The van der Waals surface area contributed by atoms with Gasteiger partial charge in [-0.3, -0.25) is 4.79 Å². The van der Waals surface area contributed by atoms with Gasteiger partial charge in [0.2, 0.25) is 0 Å². The van der Waals surface area contributed by atoms with Crippen molar-refractivity contribution >= 4 is 11.7 Å². The molecule has 0 bridgehead atoms. The Bertz CT molecular complexity index is 451. The minimum atomic E-state index is -0.140. The largest absolute Gasteiger partial charge is 0.368 e. The van der Waals surface area contributed by atoms with E-state index in [-0.39, 0.29) is 11.3 Å². The zero-order chi connectivity index (χ0) is 14.6. The van der Waals surface area contributed by atoms with Gasteiger partial charge in [-0.15, -0.1) is 10.2 Å². The minimum Gasteiger partial charge on any atom is -0.368 e. The minimum absolute atomic E-state index is 0.140. The van der Waals surface area contributed by atoms with Gasteiger partial charge >= 0.3 is 0 Å². The fourth-order valence-electron chi connectivity index (χ4n) is 2.63. The highest BCUT2D eigenvalue weighted by Crippen LogP contribution is 2.36. The molecule has 1 saturated carbocycles. The van der Waals surface area contributed by atoms with E-state index in [0.717, 1.165) is 6.54 Å². The van der Waals surface area contributed by atoms with Crippen LogP contribution in [0.15, 0.2) is 12.1 Å². The van der Waals surface area contributed by atoms with E-state index in [2.05, 4.69) is 15.5 Å². The zero-order valence-corrected chi connectivity index (χ0v) is 12.2. The predicted molar refractivity (Wildman–Crippen MR) is 78.5 cm³/mol. The third-order valence-electron chi connectivity index (χ3n) is 4.03.